The number of carbonyl (C=O) groups excluding carboxylic acids is 2. The normalized spacial score (nSPS) is 12.7. The fourth-order valence-corrected chi connectivity index (χ4v) is 1.90. The summed E-state index contributed by atoms with van der Waals surface area (Å²) in [6.45, 7) is 4.34. The number of methoxy groups -OCH3 is 1. The molecule has 0 aromatic heterocycles. The summed E-state index contributed by atoms with van der Waals surface area (Å²) in [4.78, 5) is 23.8. The molecule has 0 aliphatic carbocycles. The number of ether oxygens (including phenoxy) is 1. The minimum Gasteiger partial charge on any atom is -0.383 e. The van der Waals surface area contributed by atoms with Crippen LogP contribution in [0, 0.1) is 5.92 Å². The zero-order valence-corrected chi connectivity index (χ0v) is 15.0. The summed E-state index contributed by atoms with van der Waals surface area (Å²) in [6.07, 6.45) is 0. The number of halogens is 2. The summed E-state index contributed by atoms with van der Waals surface area (Å²) in [5, 5.41) is 5.67. The van der Waals surface area contributed by atoms with Crippen LogP contribution in [0.4, 0.5) is 5.69 Å². The molecule has 23 heavy (non-hydrogen) atoms. The van der Waals surface area contributed by atoms with E-state index in [-0.39, 0.29) is 41.2 Å². The first-order valence-electron chi connectivity index (χ1n) is 7.00. The van der Waals surface area contributed by atoms with Crippen molar-refractivity contribution in [1.29, 1.82) is 0 Å². The van der Waals surface area contributed by atoms with Gasteiger partial charge in [0, 0.05) is 25.4 Å². The van der Waals surface area contributed by atoms with Gasteiger partial charge in [-0.25, -0.2) is 0 Å². The molecule has 0 saturated heterocycles. The van der Waals surface area contributed by atoms with Crippen LogP contribution in [0.25, 0.3) is 0 Å². The number of amides is 2. The SMILES string of the molecule is COCCNC(=O)c1ccc(NC(=O)C(C)C(C)N)cc1Cl.Cl. The summed E-state index contributed by atoms with van der Waals surface area (Å²) < 4.78 is 4.86. The van der Waals surface area contributed by atoms with E-state index in [1.807, 2.05) is 0 Å². The van der Waals surface area contributed by atoms with Crippen LogP contribution in [0.3, 0.4) is 0 Å². The number of benzene rings is 1. The monoisotopic (exact) mass is 363 g/mol. The van der Waals surface area contributed by atoms with Crippen molar-refractivity contribution in [3.63, 3.8) is 0 Å². The highest BCUT2D eigenvalue weighted by molar-refractivity contribution is 6.34. The van der Waals surface area contributed by atoms with Gasteiger partial charge in [-0.3, -0.25) is 9.59 Å². The van der Waals surface area contributed by atoms with Crippen LogP contribution in [-0.4, -0.2) is 38.1 Å². The van der Waals surface area contributed by atoms with Gasteiger partial charge >= 0.3 is 0 Å². The first kappa shape index (κ1) is 21.7. The highest BCUT2D eigenvalue weighted by Crippen LogP contribution is 2.21. The third-order valence-electron chi connectivity index (χ3n) is 3.28. The quantitative estimate of drug-likeness (QED) is 0.646. The number of hydrogen-bond donors (Lipinski definition) is 3. The van der Waals surface area contributed by atoms with E-state index < -0.39 is 0 Å². The minimum atomic E-state index is -0.323. The molecule has 0 saturated carbocycles. The van der Waals surface area contributed by atoms with Gasteiger partial charge in [0.25, 0.3) is 5.91 Å². The number of anilines is 1. The molecular formula is C15H23Cl2N3O3. The number of nitrogens with one attached hydrogen (secondary N) is 2. The number of hydrogen-bond acceptors (Lipinski definition) is 4. The summed E-state index contributed by atoms with van der Waals surface area (Å²) in [5.74, 6) is -0.803. The second-order valence-corrected chi connectivity index (χ2v) is 5.49. The molecule has 2 amide bonds. The second kappa shape index (κ2) is 10.4. The predicted molar refractivity (Wildman–Crippen MR) is 94.4 cm³/mol. The van der Waals surface area contributed by atoms with E-state index in [2.05, 4.69) is 10.6 Å². The van der Waals surface area contributed by atoms with Gasteiger partial charge < -0.3 is 21.1 Å². The van der Waals surface area contributed by atoms with Crippen LogP contribution in [0.5, 0.6) is 0 Å². The Hall–Kier alpha value is -1.34. The molecule has 0 fully saturated rings. The van der Waals surface area contributed by atoms with Crippen molar-refractivity contribution in [3.05, 3.63) is 28.8 Å². The van der Waals surface area contributed by atoms with E-state index in [9.17, 15) is 9.59 Å². The van der Waals surface area contributed by atoms with Crippen molar-refractivity contribution >= 4 is 41.5 Å². The lowest BCUT2D eigenvalue weighted by atomic mass is 10.0. The maximum Gasteiger partial charge on any atom is 0.252 e. The average molecular weight is 364 g/mol. The molecule has 6 nitrogen and oxygen atoms in total. The lowest BCUT2D eigenvalue weighted by Gasteiger charge is -2.16. The highest BCUT2D eigenvalue weighted by Gasteiger charge is 2.18. The highest BCUT2D eigenvalue weighted by atomic mass is 35.5. The number of rotatable bonds is 7. The van der Waals surface area contributed by atoms with Crippen molar-refractivity contribution in [3.8, 4) is 0 Å². The number of nitrogens with two attached hydrogens (primary N) is 1. The fraction of sp³-hybridized carbons (Fsp3) is 0.467. The second-order valence-electron chi connectivity index (χ2n) is 5.08. The van der Waals surface area contributed by atoms with Crippen molar-refractivity contribution in [2.24, 2.45) is 11.7 Å². The van der Waals surface area contributed by atoms with Gasteiger partial charge in [-0.15, -0.1) is 12.4 Å². The predicted octanol–water partition coefficient (Wildman–Crippen LogP) is 2.06. The Morgan fingerprint density at radius 2 is 2.00 bits per heavy atom. The van der Waals surface area contributed by atoms with Gasteiger partial charge in [-0.2, -0.15) is 0 Å². The topological polar surface area (TPSA) is 93.5 Å². The maximum atomic E-state index is 11.9. The van der Waals surface area contributed by atoms with Crippen LogP contribution in [0.1, 0.15) is 24.2 Å². The summed E-state index contributed by atoms with van der Waals surface area (Å²) in [6, 6.07) is 4.49. The van der Waals surface area contributed by atoms with Crippen LogP contribution in [0.2, 0.25) is 5.02 Å². The molecule has 1 aromatic rings. The Morgan fingerprint density at radius 1 is 1.35 bits per heavy atom. The van der Waals surface area contributed by atoms with E-state index in [1.54, 1.807) is 39.2 Å². The van der Waals surface area contributed by atoms with Crippen LogP contribution in [-0.2, 0) is 9.53 Å². The molecular weight excluding hydrogens is 341 g/mol. The Kier molecular flexibility index (Phi) is 9.83. The smallest absolute Gasteiger partial charge is 0.252 e. The number of carbonyl (C=O) groups is 2. The lowest BCUT2D eigenvalue weighted by molar-refractivity contribution is -0.119. The molecule has 0 aliphatic rings. The zero-order valence-electron chi connectivity index (χ0n) is 13.4. The fourth-order valence-electron chi connectivity index (χ4n) is 1.63. The van der Waals surface area contributed by atoms with Crippen LogP contribution >= 0.6 is 24.0 Å². The van der Waals surface area contributed by atoms with Gasteiger partial charge in [-0.1, -0.05) is 18.5 Å². The maximum absolute atomic E-state index is 11.9. The molecule has 2 unspecified atom stereocenters. The lowest BCUT2D eigenvalue weighted by Crippen LogP contribution is -2.34. The van der Waals surface area contributed by atoms with E-state index in [0.29, 0.717) is 24.4 Å². The molecule has 0 bridgehead atoms. The molecule has 0 heterocycles. The molecule has 0 radical (unpaired) electrons. The van der Waals surface area contributed by atoms with Crippen molar-refractivity contribution in [2.45, 2.75) is 19.9 Å². The van der Waals surface area contributed by atoms with Gasteiger partial charge in [0.05, 0.1) is 23.1 Å². The molecule has 1 aromatic carbocycles. The molecule has 130 valence electrons. The van der Waals surface area contributed by atoms with Crippen molar-refractivity contribution in [1.82, 2.24) is 5.32 Å². The van der Waals surface area contributed by atoms with Crippen LogP contribution < -0.4 is 16.4 Å². The molecule has 4 N–H and O–H groups in total. The molecule has 0 aliphatic heterocycles. The van der Waals surface area contributed by atoms with Gasteiger partial charge in [0.15, 0.2) is 0 Å². The summed E-state index contributed by atoms with van der Waals surface area (Å²) in [5.41, 5.74) is 6.56. The Balaban J connectivity index is 0.00000484. The third-order valence-corrected chi connectivity index (χ3v) is 3.59. The van der Waals surface area contributed by atoms with Crippen molar-refractivity contribution in [2.75, 3.05) is 25.6 Å². The third kappa shape index (κ3) is 6.74. The first-order chi connectivity index (χ1) is 10.4. The van der Waals surface area contributed by atoms with Gasteiger partial charge in [-0.05, 0) is 25.1 Å². The van der Waals surface area contributed by atoms with E-state index in [4.69, 9.17) is 22.1 Å². The Labute approximate surface area is 147 Å². The minimum absolute atomic E-state index is 0. The van der Waals surface area contributed by atoms with Crippen LogP contribution in [0.15, 0.2) is 18.2 Å². The molecule has 8 heteroatoms. The van der Waals surface area contributed by atoms with Gasteiger partial charge in [0.1, 0.15) is 0 Å². The average Bonchev–Trinajstić information content (AvgIpc) is 2.46. The van der Waals surface area contributed by atoms with E-state index in [0.717, 1.165) is 0 Å². The zero-order chi connectivity index (χ0) is 16.7. The largest absolute Gasteiger partial charge is 0.383 e. The molecule has 2 atom stereocenters. The summed E-state index contributed by atoms with van der Waals surface area (Å²) >= 11 is 6.09. The first-order valence-corrected chi connectivity index (χ1v) is 7.37. The molecule has 1 rings (SSSR count). The Morgan fingerprint density at radius 3 is 2.52 bits per heavy atom. The Bertz CT molecular complexity index is 539. The molecule has 0 spiro atoms. The standard InChI is InChI=1S/C15H22ClN3O3.ClH/c1-9(10(2)17)14(20)19-11-4-5-12(13(16)8-11)15(21)18-6-7-22-3;/h4-5,8-10H,6-7,17H2,1-3H3,(H,18,21)(H,19,20);1H. The van der Waals surface area contributed by atoms with Gasteiger partial charge in [0.2, 0.25) is 5.91 Å². The van der Waals surface area contributed by atoms with E-state index >= 15 is 0 Å². The van der Waals surface area contributed by atoms with Crippen molar-refractivity contribution < 1.29 is 14.3 Å². The summed E-state index contributed by atoms with van der Waals surface area (Å²) in [7, 11) is 1.56. The van der Waals surface area contributed by atoms with E-state index in [1.165, 1.54) is 0 Å².